The lowest BCUT2D eigenvalue weighted by molar-refractivity contribution is -0.125. The molecule has 34 heavy (non-hydrogen) atoms. The van der Waals surface area contributed by atoms with E-state index in [0.717, 1.165) is 49.4 Å². The molecule has 3 amide bonds. The summed E-state index contributed by atoms with van der Waals surface area (Å²) < 4.78 is 13.9. The molecule has 2 aliphatic heterocycles. The van der Waals surface area contributed by atoms with Crippen LogP contribution in [0.3, 0.4) is 0 Å². The van der Waals surface area contributed by atoms with Crippen molar-refractivity contribution in [3.63, 3.8) is 0 Å². The van der Waals surface area contributed by atoms with E-state index in [9.17, 15) is 18.8 Å². The third-order valence-electron chi connectivity index (χ3n) is 5.80. The van der Waals surface area contributed by atoms with E-state index in [1.165, 1.54) is 17.7 Å². The summed E-state index contributed by atoms with van der Waals surface area (Å²) in [5, 5.41) is 2.37. The highest BCUT2D eigenvalue weighted by molar-refractivity contribution is 8.18. The van der Waals surface area contributed by atoms with Crippen LogP contribution in [0.15, 0.2) is 59.5 Å². The van der Waals surface area contributed by atoms with Crippen molar-refractivity contribution in [3.8, 4) is 0 Å². The number of carbonyl (C=O) groups excluding carboxylic acids is 3. The fraction of sp³-hybridized carbons (Fsp3) is 0.320. The normalized spacial score (nSPS) is 18.6. The number of benzene rings is 2. The van der Waals surface area contributed by atoms with Crippen LogP contribution in [-0.2, 0) is 16.1 Å². The maximum Gasteiger partial charge on any atom is 0.293 e. The topological polar surface area (TPSA) is 73.0 Å². The third-order valence-corrected chi connectivity index (χ3v) is 6.71. The van der Waals surface area contributed by atoms with Crippen LogP contribution in [0.2, 0.25) is 0 Å². The van der Waals surface area contributed by atoms with Crippen LogP contribution in [0.4, 0.5) is 9.18 Å². The third kappa shape index (κ3) is 6.31. The SMILES string of the molecule is O=C(CN1CCN(Cc2ccccc2)CC1)NCCN1C(=O)SC(=Cc2ccccc2F)C1=O. The van der Waals surface area contributed by atoms with Gasteiger partial charge in [-0.05, 0) is 29.5 Å². The van der Waals surface area contributed by atoms with Gasteiger partial charge in [0.25, 0.3) is 11.1 Å². The second-order valence-electron chi connectivity index (χ2n) is 8.24. The Morgan fingerprint density at radius 2 is 1.65 bits per heavy atom. The van der Waals surface area contributed by atoms with Gasteiger partial charge in [-0.2, -0.15) is 0 Å². The molecule has 2 aliphatic rings. The Morgan fingerprint density at radius 1 is 0.971 bits per heavy atom. The van der Waals surface area contributed by atoms with Crippen molar-refractivity contribution in [3.05, 3.63) is 76.4 Å². The molecule has 2 aromatic rings. The van der Waals surface area contributed by atoms with Crippen LogP contribution in [0.1, 0.15) is 11.1 Å². The van der Waals surface area contributed by atoms with Gasteiger partial charge in [-0.1, -0.05) is 48.5 Å². The molecule has 0 bridgehead atoms. The smallest absolute Gasteiger partial charge is 0.293 e. The molecule has 0 spiro atoms. The van der Waals surface area contributed by atoms with Gasteiger partial charge in [-0.25, -0.2) is 4.39 Å². The van der Waals surface area contributed by atoms with Crippen LogP contribution in [0.25, 0.3) is 6.08 Å². The fourth-order valence-corrected chi connectivity index (χ4v) is 4.80. The first-order valence-electron chi connectivity index (χ1n) is 11.2. The zero-order valence-electron chi connectivity index (χ0n) is 18.8. The van der Waals surface area contributed by atoms with Crippen LogP contribution < -0.4 is 5.32 Å². The molecule has 4 rings (SSSR count). The first kappa shape index (κ1) is 24.1. The number of halogens is 1. The molecule has 9 heteroatoms. The zero-order valence-corrected chi connectivity index (χ0v) is 19.6. The van der Waals surface area contributed by atoms with E-state index in [1.807, 2.05) is 18.2 Å². The summed E-state index contributed by atoms with van der Waals surface area (Å²) in [6, 6.07) is 16.4. The zero-order chi connectivity index (χ0) is 23.9. The highest BCUT2D eigenvalue weighted by Crippen LogP contribution is 2.32. The molecule has 0 saturated carbocycles. The molecular weight excluding hydrogens is 455 g/mol. The van der Waals surface area contributed by atoms with Gasteiger partial charge in [0.2, 0.25) is 5.91 Å². The first-order valence-corrected chi connectivity index (χ1v) is 12.1. The Bertz CT molecular complexity index is 1070. The van der Waals surface area contributed by atoms with Crippen molar-refractivity contribution in [2.75, 3.05) is 45.8 Å². The molecule has 1 N–H and O–H groups in total. The van der Waals surface area contributed by atoms with E-state index in [4.69, 9.17) is 0 Å². The maximum absolute atomic E-state index is 13.9. The lowest BCUT2D eigenvalue weighted by Crippen LogP contribution is -2.49. The number of amides is 3. The summed E-state index contributed by atoms with van der Waals surface area (Å²) in [4.78, 5) is 42.9. The van der Waals surface area contributed by atoms with E-state index >= 15 is 0 Å². The minimum Gasteiger partial charge on any atom is -0.353 e. The Labute approximate surface area is 202 Å². The number of thioether (sulfide) groups is 1. The van der Waals surface area contributed by atoms with Gasteiger partial charge in [0.1, 0.15) is 5.82 Å². The largest absolute Gasteiger partial charge is 0.353 e. The highest BCUT2D eigenvalue weighted by atomic mass is 32.2. The molecule has 0 atom stereocenters. The fourth-order valence-electron chi connectivity index (χ4n) is 3.94. The predicted octanol–water partition coefficient (Wildman–Crippen LogP) is 2.80. The molecule has 7 nitrogen and oxygen atoms in total. The quantitative estimate of drug-likeness (QED) is 0.584. The number of nitrogens with one attached hydrogen (secondary N) is 1. The van der Waals surface area contributed by atoms with Gasteiger partial charge >= 0.3 is 0 Å². The number of nitrogens with zero attached hydrogens (tertiary/aromatic N) is 3. The van der Waals surface area contributed by atoms with E-state index in [0.29, 0.717) is 0 Å². The minimum absolute atomic E-state index is 0.0792. The molecule has 0 aromatic heterocycles. The van der Waals surface area contributed by atoms with Crippen LogP contribution in [-0.4, -0.2) is 77.6 Å². The Hall–Kier alpha value is -3.01. The lowest BCUT2D eigenvalue weighted by atomic mass is 10.2. The predicted molar refractivity (Wildman–Crippen MR) is 130 cm³/mol. The monoisotopic (exact) mass is 482 g/mol. The Balaban J connectivity index is 1.18. The molecule has 2 heterocycles. The first-order chi connectivity index (χ1) is 16.5. The summed E-state index contributed by atoms with van der Waals surface area (Å²) in [7, 11) is 0. The molecule has 2 fully saturated rings. The molecule has 178 valence electrons. The number of imide groups is 1. The Morgan fingerprint density at radius 3 is 2.38 bits per heavy atom. The molecule has 0 radical (unpaired) electrons. The number of rotatable bonds is 8. The second kappa shape index (κ2) is 11.4. The second-order valence-corrected chi connectivity index (χ2v) is 9.24. The summed E-state index contributed by atoms with van der Waals surface area (Å²) in [5.41, 5.74) is 1.54. The van der Waals surface area contributed by atoms with Crippen molar-refractivity contribution >= 4 is 34.9 Å². The summed E-state index contributed by atoms with van der Waals surface area (Å²) >= 11 is 0.780. The number of carbonyl (C=O) groups is 3. The van der Waals surface area contributed by atoms with Crippen molar-refractivity contribution in [1.82, 2.24) is 20.0 Å². The standard InChI is InChI=1S/C25H27FN4O3S/c26-21-9-5-4-8-20(21)16-22-24(32)30(25(33)34-22)11-10-27-23(31)18-29-14-12-28(13-15-29)17-19-6-2-1-3-7-19/h1-9,16H,10-15,17-18H2,(H,27,31). The van der Waals surface area contributed by atoms with Gasteiger partial charge in [0, 0.05) is 51.4 Å². The van der Waals surface area contributed by atoms with Gasteiger partial charge in [-0.3, -0.25) is 29.1 Å². The summed E-state index contributed by atoms with van der Waals surface area (Å²) in [5.74, 6) is -1.06. The van der Waals surface area contributed by atoms with Crippen LogP contribution in [0, 0.1) is 5.82 Å². The van der Waals surface area contributed by atoms with E-state index in [2.05, 4.69) is 27.2 Å². The average molecular weight is 483 g/mol. The van der Waals surface area contributed by atoms with Gasteiger partial charge < -0.3 is 5.32 Å². The minimum atomic E-state index is -0.470. The number of piperazine rings is 1. The molecule has 0 unspecified atom stereocenters. The van der Waals surface area contributed by atoms with Crippen molar-refractivity contribution in [2.45, 2.75) is 6.54 Å². The Kier molecular flexibility index (Phi) is 8.10. The van der Waals surface area contributed by atoms with Crippen LogP contribution in [0.5, 0.6) is 0 Å². The molecule has 2 aromatic carbocycles. The summed E-state index contributed by atoms with van der Waals surface area (Å²) in [6.07, 6.45) is 1.39. The number of hydrogen-bond donors (Lipinski definition) is 1. The molecular formula is C25H27FN4O3S. The van der Waals surface area contributed by atoms with Gasteiger partial charge in [0.05, 0.1) is 11.4 Å². The average Bonchev–Trinajstić information content (AvgIpc) is 3.10. The maximum atomic E-state index is 13.9. The molecule has 2 saturated heterocycles. The van der Waals surface area contributed by atoms with Crippen molar-refractivity contribution in [2.24, 2.45) is 0 Å². The summed E-state index contributed by atoms with van der Waals surface area (Å²) in [6.45, 7) is 4.86. The lowest BCUT2D eigenvalue weighted by Gasteiger charge is -2.34. The van der Waals surface area contributed by atoms with E-state index in [1.54, 1.807) is 18.2 Å². The van der Waals surface area contributed by atoms with Crippen LogP contribution >= 0.6 is 11.8 Å². The highest BCUT2D eigenvalue weighted by Gasteiger charge is 2.34. The van der Waals surface area contributed by atoms with Gasteiger partial charge in [0.15, 0.2) is 0 Å². The molecule has 0 aliphatic carbocycles. The van der Waals surface area contributed by atoms with Crippen molar-refractivity contribution < 1.29 is 18.8 Å². The van der Waals surface area contributed by atoms with Gasteiger partial charge in [-0.15, -0.1) is 0 Å². The van der Waals surface area contributed by atoms with Crippen molar-refractivity contribution in [1.29, 1.82) is 0 Å². The van der Waals surface area contributed by atoms with E-state index in [-0.39, 0.29) is 36.0 Å². The van der Waals surface area contributed by atoms with E-state index < -0.39 is 17.0 Å². The number of hydrogen-bond acceptors (Lipinski definition) is 6.